The van der Waals surface area contributed by atoms with Gasteiger partial charge in [0.1, 0.15) is 34.9 Å². The number of unbranched alkanes of at least 4 members (excludes halogenated alkanes) is 5. The molecule has 4 aromatic carbocycles. The zero-order valence-corrected chi connectivity index (χ0v) is 30.1. The van der Waals surface area contributed by atoms with Gasteiger partial charge in [-0.3, -0.25) is 0 Å². The number of nitrogens with zero attached hydrogens (tertiary/aromatic N) is 2. The number of imidazole rings is 1. The van der Waals surface area contributed by atoms with E-state index in [2.05, 4.69) is 11.9 Å². The van der Waals surface area contributed by atoms with Crippen molar-refractivity contribution in [3.63, 3.8) is 0 Å². The summed E-state index contributed by atoms with van der Waals surface area (Å²) in [6.45, 7) is 6.17. The minimum atomic E-state index is -5.99. The first kappa shape index (κ1) is 41.7. The minimum absolute atomic E-state index is 0.118. The summed E-state index contributed by atoms with van der Waals surface area (Å²) in [6.07, 6.45) is 0.359. The predicted octanol–water partition coefficient (Wildman–Crippen LogP) is 9.79. The molecule has 0 atom stereocenters. The summed E-state index contributed by atoms with van der Waals surface area (Å²) in [5, 5.41) is 0. The fourth-order valence-electron chi connectivity index (χ4n) is 7.34. The van der Waals surface area contributed by atoms with Crippen LogP contribution >= 0.6 is 0 Å². The molecule has 0 saturated carbocycles. The van der Waals surface area contributed by atoms with Crippen molar-refractivity contribution in [1.29, 1.82) is 0 Å². The molecule has 0 aliphatic heterocycles. The molecule has 296 valence electrons. The van der Waals surface area contributed by atoms with E-state index in [1.165, 1.54) is 12.1 Å². The molecule has 0 amide bonds. The van der Waals surface area contributed by atoms with E-state index in [0.29, 0.717) is 11.6 Å². The maximum absolute atomic E-state index is 16.0. The first-order valence-corrected chi connectivity index (χ1v) is 20.3. The van der Waals surface area contributed by atoms with E-state index in [1.807, 2.05) is 13.1 Å². The van der Waals surface area contributed by atoms with Crippen LogP contribution in [0.1, 0.15) is 51.0 Å². The highest BCUT2D eigenvalue weighted by Gasteiger charge is 2.50. The van der Waals surface area contributed by atoms with Gasteiger partial charge in [-0.05, 0) is 23.7 Å². The van der Waals surface area contributed by atoms with Crippen molar-refractivity contribution in [3.05, 3.63) is 117 Å². The highest BCUT2D eigenvalue weighted by Crippen LogP contribution is 2.32. The Morgan fingerprint density at radius 3 is 1.27 bits per heavy atom. The number of hydrogen-bond donors (Lipinski definition) is 0. The van der Waals surface area contributed by atoms with Crippen LogP contribution in [0.4, 0.5) is 65.9 Å². The van der Waals surface area contributed by atoms with Gasteiger partial charge < -0.3 is 4.48 Å². The number of aromatic nitrogens is 2. The Morgan fingerprint density at radius 2 is 0.873 bits per heavy atom. The second-order valence-electron chi connectivity index (χ2n) is 14.1. The molecule has 5 aromatic rings. The smallest absolute Gasteiger partial charge is 0.200 e. The maximum atomic E-state index is 16.0. The summed E-state index contributed by atoms with van der Waals surface area (Å²) in [4.78, 5) is 3.90. The molecule has 1 heterocycles. The molecular weight excluding hydrogens is 784 g/mol. The number of halogens is 15. The van der Waals surface area contributed by atoms with E-state index in [1.54, 1.807) is 0 Å². The Kier molecular flexibility index (Phi) is 11.8. The fourth-order valence-corrected chi connectivity index (χ4v) is 10.0. The van der Waals surface area contributed by atoms with Crippen molar-refractivity contribution >= 4 is 41.8 Å². The lowest BCUT2D eigenvalue weighted by molar-refractivity contribution is 0.379. The van der Waals surface area contributed by atoms with Crippen LogP contribution in [0.15, 0.2) is 24.5 Å². The lowest BCUT2D eigenvalue weighted by Gasteiger charge is -2.45. The summed E-state index contributed by atoms with van der Waals surface area (Å²) >= 11 is 0. The fraction of sp³-hybridized carbons (Fsp3) is 0.306. The largest absolute Gasteiger partial charge is 0.493 e. The van der Waals surface area contributed by atoms with E-state index >= 15 is 52.7 Å². The Morgan fingerprint density at radius 1 is 0.509 bits per heavy atom. The van der Waals surface area contributed by atoms with Crippen molar-refractivity contribution in [3.8, 4) is 0 Å². The molecule has 19 heteroatoms. The molecule has 55 heavy (non-hydrogen) atoms. The molecule has 0 unspecified atom stereocenters. The Labute approximate surface area is 304 Å². The molecule has 0 radical (unpaired) electrons. The van der Waals surface area contributed by atoms with Gasteiger partial charge in [0, 0.05) is 5.52 Å². The van der Waals surface area contributed by atoms with Gasteiger partial charge in [0.25, 0.3) is 0 Å². The monoisotopic (exact) mass is 813 g/mol. The van der Waals surface area contributed by atoms with Crippen LogP contribution in [0.5, 0.6) is 0 Å². The standard InChI is InChI=1S/C36H29BF15N2Si/c1-4-5-6-7-8-9-12-55(2,3)14-16-10-11-18-17(13-16)53-15-54(18)37(19-22(38)28(44)34(50)29(45)23(19)39,20-24(40)30(46)35(51)31(47)25(20)41)21-26(42)32(48)36(52)33(49)27(21)43/h10-11,13,15H,4-9,12,14H2,1-3H3/q-1. The van der Waals surface area contributed by atoms with Crippen molar-refractivity contribution < 1.29 is 65.9 Å². The third kappa shape index (κ3) is 6.90. The van der Waals surface area contributed by atoms with E-state index in [0.717, 1.165) is 50.6 Å². The van der Waals surface area contributed by atoms with Crippen molar-refractivity contribution in [2.45, 2.75) is 70.6 Å². The predicted molar refractivity (Wildman–Crippen MR) is 178 cm³/mol. The second kappa shape index (κ2) is 15.6. The molecule has 0 fully saturated rings. The Hall–Kier alpha value is -4.42. The topological polar surface area (TPSA) is 17.8 Å². The Balaban J connectivity index is 1.93. The second-order valence-corrected chi connectivity index (χ2v) is 19.3. The van der Waals surface area contributed by atoms with Gasteiger partial charge in [0.05, 0.1) is 19.9 Å². The number of benzene rings is 4. The van der Waals surface area contributed by atoms with Gasteiger partial charge in [-0.15, -0.1) is 16.4 Å². The van der Waals surface area contributed by atoms with Gasteiger partial charge in [-0.1, -0.05) is 70.7 Å². The van der Waals surface area contributed by atoms with Gasteiger partial charge >= 0.3 is 0 Å². The molecule has 0 aliphatic rings. The Bertz CT molecular complexity index is 2060. The zero-order chi connectivity index (χ0) is 40.9. The van der Waals surface area contributed by atoms with Gasteiger partial charge in [-0.25, -0.2) is 70.8 Å². The molecule has 2 nitrogen and oxygen atoms in total. The molecule has 0 spiro atoms. The average molecular weight is 814 g/mol. The highest BCUT2D eigenvalue weighted by atomic mass is 28.3. The number of fused-ring (bicyclic) bond motifs is 1. The minimum Gasteiger partial charge on any atom is -0.493 e. The zero-order valence-electron chi connectivity index (χ0n) is 29.1. The maximum Gasteiger partial charge on any atom is 0.200 e. The third-order valence-corrected chi connectivity index (χ3v) is 13.0. The van der Waals surface area contributed by atoms with Crippen LogP contribution < -0.4 is 16.4 Å². The van der Waals surface area contributed by atoms with E-state index in [-0.39, 0.29) is 10.8 Å². The van der Waals surface area contributed by atoms with Crippen molar-refractivity contribution in [2.75, 3.05) is 0 Å². The number of rotatable bonds is 13. The molecule has 1 aromatic heterocycles. The van der Waals surface area contributed by atoms with Crippen LogP contribution in [0.3, 0.4) is 0 Å². The summed E-state index contributed by atoms with van der Waals surface area (Å²) in [6, 6.07) is 4.73. The third-order valence-electron chi connectivity index (χ3n) is 9.93. The SMILES string of the molecule is CCCCCCCC[Si](C)(C)Cc1ccc2c(c1)ncn2[B-](c1c(F)c(F)c(F)c(F)c1F)(c1c(F)c(F)c(F)c(F)c1F)c1c(F)c(F)c(F)c(F)c1F. The van der Waals surface area contributed by atoms with Crippen molar-refractivity contribution in [2.24, 2.45) is 0 Å². The lowest BCUT2D eigenvalue weighted by atomic mass is 9.23. The summed E-state index contributed by atoms with van der Waals surface area (Å²) in [5.41, 5.74) is -8.85. The molecule has 0 saturated heterocycles. The van der Waals surface area contributed by atoms with E-state index in [9.17, 15) is 13.2 Å². The summed E-state index contributed by atoms with van der Waals surface area (Å²) in [7, 11) is -2.07. The first-order valence-electron chi connectivity index (χ1n) is 16.9. The van der Waals surface area contributed by atoms with Crippen molar-refractivity contribution in [1.82, 2.24) is 9.46 Å². The number of hydrogen-bond acceptors (Lipinski definition) is 1. The van der Waals surface area contributed by atoms with Crippen LogP contribution in [0.25, 0.3) is 11.0 Å². The lowest BCUT2D eigenvalue weighted by Crippen LogP contribution is -2.77. The van der Waals surface area contributed by atoms with Crippen LogP contribution in [-0.4, -0.2) is 23.8 Å². The quantitative estimate of drug-likeness (QED) is 0.0381. The van der Waals surface area contributed by atoms with E-state index < -0.39 is 129 Å². The van der Waals surface area contributed by atoms with Gasteiger partial charge in [-0.2, -0.15) is 0 Å². The average Bonchev–Trinajstić information content (AvgIpc) is 3.57. The molecular formula is C36H29BF15N2Si-. The first-order chi connectivity index (χ1) is 25.8. The normalized spacial score (nSPS) is 12.4. The molecule has 5 rings (SSSR count). The van der Waals surface area contributed by atoms with Gasteiger partial charge in [0.2, 0.25) is 0 Å². The van der Waals surface area contributed by atoms with Crippen LogP contribution in [-0.2, 0) is 6.04 Å². The van der Waals surface area contributed by atoms with Gasteiger partial charge in [0.15, 0.2) is 58.6 Å². The highest BCUT2D eigenvalue weighted by molar-refractivity contribution is 7.11. The summed E-state index contributed by atoms with van der Waals surface area (Å²) in [5.74, 6) is -45.8. The van der Waals surface area contributed by atoms with E-state index in [4.69, 9.17) is 0 Å². The van der Waals surface area contributed by atoms with Crippen LogP contribution in [0, 0.1) is 87.3 Å². The summed E-state index contributed by atoms with van der Waals surface area (Å²) < 4.78 is 229. The van der Waals surface area contributed by atoms with Crippen LogP contribution in [0.2, 0.25) is 19.1 Å². The molecule has 0 N–H and O–H groups in total. The molecule has 0 aliphatic carbocycles. The molecule has 0 bridgehead atoms.